The minimum Gasteiger partial charge on any atom is -0.227 e. The Hall–Kier alpha value is -3.20. The number of rotatable bonds is 3. The molecule has 0 amide bonds. The van der Waals surface area contributed by atoms with E-state index in [4.69, 9.17) is 0 Å². The monoisotopic (exact) mass is 341 g/mol. The molecule has 2 aromatic heterocycles. The maximum atomic E-state index is 2.27. The second-order valence-electron chi connectivity index (χ2n) is 6.61. The molecule has 0 N–H and O–H groups in total. The summed E-state index contributed by atoms with van der Waals surface area (Å²) in [4.78, 5) is 0. The third-order valence-electron chi connectivity index (χ3n) is 4.92. The van der Waals surface area contributed by atoms with E-state index in [0.717, 1.165) is 11.5 Å². The summed E-state index contributed by atoms with van der Waals surface area (Å²) < 4.78 is 6.68. The van der Waals surface area contributed by atoms with Crippen molar-refractivity contribution in [1.29, 1.82) is 0 Å². The largest absolute Gasteiger partial charge is 0.359 e. The van der Waals surface area contributed by atoms with Crippen molar-refractivity contribution in [3.8, 4) is 28.5 Å². The topological polar surface area (TPSA) is 12.7 Å². The van der Waals surface area contributed by atoms with Gasteiger partial charge in [-0.25, -0.2) is 4.57 Å². The number of nitrogens with zero attached hydrogens (tertiary/aromatic N) is 3. The maximum absolute atomic E-state index is 2.27. The predicted molar refractivity (Wildman–Crippen MR) is 104 cm³/mol. The number of pyridine rings is 1. The lowest BCUT2D eigenvalue weighted by Gasteiger charge is -2.07. The molecular weight excluding hydrogens is 318 g/mol. The molecule has 2 heterocycles. The summed E-state index contributed by atoms with van der Waals surface area (Å²) in [5.41, 5.74) is 6.08. The molecule has 0 bridgehead atoms. The molecule has 0 unspecified atom stereocenters. The van der Waals surface area contributed by atoms with E-state index in [0.29, 0.717) is 0 Å². The second kappa shape index (κ2) is 6.60. The zero-order chi connectivity index (χ0) is 18.1. The number of aromatic nitrogens is 3. The van der Waals surface area contributed by atoms with Crippen molar-refractivity contribution in [2.45, 2.75) is 6.92 Å². The van der Waals surface area contributed by atoms with Gasteiger partial charge >= 0.3 is 5.82 Å². The molecule has 4 rings (SSSR count). The molecule has 0 aliphatic carbocycles. The van der Waals surface area contributed by atoms with E-state index in [9.17, 15) is 0 Å². The van der Waals surface area contributed by atoms with Crippen molar-refractivity contribution < 1.29 is 9.13 Å². The van der Waals surface area contributed by atoms with Crippen LogP contribution >= 0.6 is 0 Å². The van der Waals surface area contributed by atoms with E-state index < -0.39 is 0 Å². The molecule has 0 saturated carbocycles. The Morgan fingerprint density at radius 3 is 2.19 bits per heavy atom. The number of hydrogen-bond donors (Lipinski definition) is 0. The van der Waals surface area contributed by atoms with Crippen molar-refractivity contribution >= 4 is 0 Å². The van der Waals surface area contributed by atoms with Gasteiger partial charge < -0.3 is 0 Å². The van der Waals surface area contributed by atoms with Crippen molar-refractivity contribution in [2.75, 3.05) is 0 Å². The summed E-state index contributed by atoms with van der Waals surface area (Å²) in [5.74, 6) is 1.15. The Balaban J connectivity index is 1.93. The van der Waals surface area contributed by atoms with Crippen LogP contribution in [0.4, 0.5) is 0 Å². The van der Waals surface area contributed by atoms with Crippen LogP contribution in [0, 0.1) is 6.92 Å². The SMILES string of the molecule is Cc1ccccc1-c1cccc(-c2n(-c3ccccc3)cc[n+]2C)[n+]1C. The highest BCUT2D eigenvalue weighted by Crippen LogP contribution is 2.23. The van der Waals surface area contributed by atoms with E-state index in [1.54, 1.807) is 0 Å². The van der Waals surface area contributed by atoms with Gasteiger partial charge in [-0.1, -0.05) is 36.4 Å². The van der Waals surface area contributed by atoms with Crippen LogP contribution in [0.25, 0.3) is 28.5 Å². The summed E-state index contributed by atoms with van der Waals surface area (Å²) in [7, 11) is 4.23. The molecule has 0 fully saturated rings. The van der Waals surface area contributed by atoms with Crippen molar-refractivity contribution in [1.82, 2.24) is 4.57 Å². The van der Waals surface area contributed by atoms with Gasteiger partial charge in [-0.05, 0) is 36.8 Å². The van der Waals surface area contributed by atoms with Crippen LogP contribution in [-0.4, -0.2) is 4.57 Å². The van der Waals surface area contributed by atoms with E-state index in [1.165, 1.54) is 22.5 Å². The van der Waals surface area contributed by atoms with E-state index in [1.807, 2.05) is 6.07 Å². The third kappa shape index (κ3) is 2.72. The van der Waals surface area contributed by atoms with Crippen LogP contribution in [0.1, 0.15) is 5.56 Å². The molecule has 0 radical (unpaired) electrons. The number of aryl methyl sites for hydroxylation is 2. The number of hydrogen-bond acceptors (Lipinski definition) is 0. The molecule has 0 aliphatic heterocycles. The van der Waals surface area contributed by atoms with Gasteiger partial charge in [0.2, 0.25) is 5.69 Å². The molecule has 0 spiro atoms. The van der Waals surface area contributed by atoms with Crippen LogP contribution in [0.2, 0.25) is 0 Å². The third-order valence-corrected chi connectivity index (χ3v) is 4.92. The molecule has 2 aromatic carbocycles. The highest BCUT2D eigenvalue weighted by Gasteiger charge is 2.28. The summed E-state index contributed by atoms with van der Waals surface area (Å²) >= 11 is 0. The second-order valence-corrected chi connectivity index (χ2v) is 6.61. The minimum absolute atomic E-state index is 1.15. The van der Waals surface area contributed by atoms with Crippen LogP contribution in [0.15, 0.2) is 85.2 Å². The van der Waals surface area contributed by atoms with Gasteiger partial charge in [-0.15, -0.1) is 0 Å². The van der Waals surface area contributed by atoms with Gasteiger partial charge in [-0.3, -0.25) is 0 Å². The fourth-order valence-electron chi connectivity index (χ4n) is 3.52. The zero-order valence-corrected chi connectivity index (χ0v) is 15.4. The fourth-order valence-corrected chi connectivity index (χ4v) is 3.52. The Bertz CT molecular complexity index is 1060. The first-order valence-corrected chi connectivity index (χ1v) is 8.84. The average Bonchev–Trinajstić information content (AvgIpc) is 3.05. The highest BCUT2D eigenvalue weighted by molar-refractivity contribution is 5.62. The lowest BCUT2D eigenvalue weighted by atomic mass is 10.0. The quantitative estimate of drug-likeness (QED) is 0.503. The molecule has 4 aromatic rings. The average molecular weight is 341 g/mol. The molecule has 0 saturated heterocycles. The van der Waals surface area contributed by atoms with Gasteiger partial charge in [-0.2, -0.15) is 9.13 Å². The lowest BCUT2D eigenvalue weighted by molar-refractivity contribution is -0.685. The standard InChI is InChI=1S/C23H23N3/c1-18-10-7-8-13-20(18)21-14-9-15-22(25(21)3)23-24(2)16-17-26(23)19-11-5-4-6-12-19/h4-17H,1-3H3/q+2. The highest BCUT2D eigenvalue weighted by atomic mass is 15.2. The zero-order valence-electron chi connectivity index (χ0n) is 15.4. The molecule has 3 nitrogen and oxygen atoms in total. The number of imidazole rings is 1. The van der Waals surface area contributed by atoms with Gasteiger partial charge in [0, 0.05) is 17.7 Å². The first-order valence-electron chi connectivity index (χ1n) is 8.84. The Kier molecular flexibility index (Phi) is 4.13. The van der Waals surface area contributed by atoms with Gasteiger partial charge in [0.25, 0.3) is 5.69 Å². The van der Waals surface area contributed by atoms with Crippen molar-refractivity contribution in [3.63, 3.8) is 0 Å². The molecule has 3 heteroatoms. The van der Waals surface area contributed by atoms with Gasteiger partial charge in [0.15, 0.2) is 0 Å². The van der Waals surface area contributed by atoms with Crippen molar-refractivity contribution in [2.24, 2.45) is 14.1 Å². The van der Waals surface area contributed by atoms with Gasteiger partial charge in [0.05, 0.1) is 7.05 Å². The van der Waals surface area contributed by atoms with E-state index >= 15 is 0 Å². The normalized spacial score (nSPS) is 10.9. The Morgan fingerprint density at radius 2 is 1.42 bits per heavy atom. The van der Waals surface area contributed by atoms with Crippen LogP contribution in [0.5, 0.6) is 0 Å². The summed E-state index contributed by atoms with van der Waals surface area (Å²) in [6.45, 7) is 2.16. The summed E-state index contributed by atoms with van der Waals surface area (Å²) in [6.07, 6.45) is 4.22. The maximum Gasteiger partial charge on any atom is 0.359 e. The Morgan fingerprint density at radius 1 is 0.731 bits per heavy atom. The molecular formula is C23H23N3+2. The molecule has 0 atom stereocenters. The summed E-state index contributed by atoms with van der Waals surface area (Å²) in [6, 6.07) is 25.5. The van der Waals surface area contributed by atoms with E-state index in [2.05, 4.69) is 114 Å². The van der Waals surface area contributed by atoms with Gasteiger partial charge in [0.1, 0.15) is 25.1 Å². The van der Waals surface area contributed by atoms with Crippen LogP contribution in [-0.2, 0) is 14.1 Å². The molecule has 26 heavy (non-hydrogen) atoms. The smallest absolute Gasteiger partial charge is 0.227 e. The minimum atomic E-state index is 1.15. The van der Waals surface area contributed by atoms with E-state index in [-0.39, 0.29) is 0 Å². The van der Waals surface area contributed by atoms with Crippen LogP contribution in [0.3, 0.4) is 0 Å². The Labute approximate surface area is 154 Å². The first kappa shape index (κ1) is 16.3. The predicted octanol–water partition coefficient (Wildman–Crippen LogP) is 3.77. The first-order chi connectivity index (χ1) is 12.7. The van der Waals surface area contributed by atoms with Crippen molar-refractivity contribution in [3.05, 3.63) is 90.8 Å². The summed E-state index contributed by atoms with van der Waals surface area (Å²) in [5, 5.41) is 0. The number of benzene rings is 2. The fraction of sp³-hybridized carbons (Fsp3) is 0.130. The number of para-hydroxylation sites is 1. The molecule has 128 valence electrons. The van der Waals surface area contributed by atoms with Crippen LogP contribution < -0.4 is 9.13 Å². The lowest BCUT2D eigenvalue weighted by Crippen LogP contribution is -2.40. The molecule has 0 aliphatic rings.